The maximum absolute atomic E-state index is 5.27. The highest BCUT2D eigenvalue weighted by atomic mass is 35.5. The van der Waals surface area contributed by atoms with Crippen molar-refractivity contribution in [2.45, 2.75) is 90.1 Å². The summed E-state index contributed by atoms with van der Waals surface area (Å²) in [6.07, 6.45) is 22.5. The fraction of sp³-hybridized carbons (Fsp3) is 0.806. The first kappa shape index (κ1) is 52.8. The zero-order valence-electron chi connectivity index (χ0n) is 26.6. The number of hydrogen-bond acceptors (Lipinski definition) is 4. The smallest absolute Gasteiger partial charge is 0.0944 e. The van der Waals surface area contributed by atoms with Crippen LogP contribution in [0.25, 0.3) is 0 Å². The number of ether oxygens (including phenoxy) is 1. The Morgan fingerprint density at radius 2 is 1.15 bits per heavy atom. The van der Waals surface area contributed by atoms with Gasteiger partial charge in [0.15, 0.2) is 0 Å². The fourth-order valence-corrected chi connectivity index (χ4v) is 3.32. The molecule has 0 bridgehead atoms. The number of nitrogens with zero attached hydrogens (tertiary/aromatic N) is 1. The van der Waals surface area contributed by atoms with Crippen molar-refractivity contribution in [2.24, 2.45) is 5.73 Å². The molecule has 9 heteroatoms. The molecule has 1 fully saturated rings. The van der Waals surface area contributed by atoms with Crippen LogP contribution in [-0.2, 0) is 4.74 Å². The molecule has 40 heavy (non-hydrogen) atoms. The first-order valence-electron chi connectivity index (χ1n) is 14.7. The van der Waals surface area contributed by atoms with Gasteiger partial charge in [-0.05, 0) is 38.8 Å². The highest BCUT2D eigenvalue weighted by molar-refractivity contribution is 6.18. The van der Waals surface area contributed by atoms with Crippen molar-refractivity contribution in [3.63, 3.8) is 0 Å². The molecule has 4 N–H and O–H groups in total. The van der Waals surface area contributed by atoms with E-state index in [0.29, 0.717) is 18.5 Å². The average Bonchev–Trinajstić information content (AvgIpc) is 3.72. The van der Waals surface area contributed by atoms with E-state index in [9.17, 15) is 0 Å². The number of halogens is 4. The Labute approximate surface area is 274 Å². The molecule has 0 unspecified atom stereocenters. The number of alkyl halides is 1. The van der Waals surface area contributed by atoms with Gasteiger partial charge in [-0.25, -0.2) is 0 Å². The van der Waals surface area contributed by atoms with Gasteiger partial charge in [0.2, 0.25) is 0 Å². The number of rotatable bonds is 22. The van der Waals surface area contributed by atoms with Gasteiger partial charge in [-0.3, -0.25) is 0 Å². The van der Waals surface area contributed by atoms with Gasteiger partial charge < -0.3 is 38.0 Å². The third-order valence-electron chi connectivity index (χ3n) is 5.46. The van der Waals surface area contributed by atoms with Crippen LogP contribution in [-0.4, -0.2) is 83.5 Å². The van der Waals surface area contributed by atoms with Crippen LogP contribution in [0, 0.1) is 0 Å². The molecule has 0 saturated carbocycles. The predicted octanol–water partition coefficient (Wildman–Crippen LogP) is 4.53. The summed E-state index contributed by atoms with van der Waals surface area (Å²) in [6, 6.07) is 0. The molecule has 1 saturated heterocycles. The van der Waals surface area contributed by atoms with E-state index in [-0.39, 0.29) is 37.2 Å². The lowest BCUT2D eigenvalue weighted by Crippen LogP contribution is -3.00. The van der Waals surface area contributed by atoms with E-state index in [1.807, 2.05) is 12.2 Å². The van der Waals surface area contributed by atoms with Crippen molar-refractivity contribution in [3.8, 4) is 0 Å². The molecular formula is C31H68Cl4N4O. The van der Waals surface area contributed by atoms with Crippen molar-refractivity contribution >= 4 is 36.4 Å². The Morgan fingerprint density at radius 1 is 0.775 bits per heavy atom. The SMILES string of the molecule is C=CCN.C=CCNCCCCCCCCCC.C=CCNCCCCCC[N+](C)(C)C.Cl.Cl.ClC[C@@H]1CO1.[Cl-]. The Bertz CT molecular complexity index is 463. The van der Waals surface area contributed by atoms with Gasteiger partial charge in [0.25, 0.3) is 0 Å². The number of hydrogen-bond donors (Lipinski definition) is 3. The van der Waals surface area contributed by atoms with Crippen molar-refractivity contribution in [1.29, 1.82) is 0 Å². The minimum Gasteiger partial charge on any atom is -1.00 e. The molecule has 1 aliphatic heterocycles. The number of nitrogens with two attached hydrogens (primary N) is 1. The lowest BCUT2D eigenvalue weighted by molar-refractivity contribution is -0.870. The summed E-state index contributed by atoms with van der Waals surface area (Å²) >= 11 is 5.27. The van der Waals surface area contributed by atoms with E-state index >= 15 is 0 Å². The van der Waals surface area contributed by atoms with Gasteiger partial charge in [-0.15, -0.1) is 56.2 Å². The topological polar surface area (TPSA) is 62.6 Å². The van der Waals surface area contributed by atoms with E-state index in [0.717, 1.165) is 37.3 Å². The first-order chi connectivity index (χ1) is 17.8. The van der Waals surface area contributed by atoms with Crippen LogP contribution >= 0.6 is 36.4 Å². The minimum absolute atomic E-state index is 0. The molecule has 5 nitrogen and oxygen atoms in total. The molecule has 0 aliphatic carbocycles. The van der Waals surface area contributed by atoms with E-state index in [4.69, 9.17) is 22.1 Å². The molecule has 0 aromatic carbocycles. The van der Waals surface area contributed by atoms with E-state index < -0.39 is 0 Å². The molecule has 246 valence electrons. The van der Waals surface area contributed by atoms with Crippen LogP contribution in [0.2, 0.25) is 0 Å². The van der Waals surface area contributed by atoms with E-state index in [1.54, 1.807) is 6.08 Å². The van der Waals surface area contributed by atoms with Gasteiger partial charge >= 0.3 is 0 Å². The van der Waals surface area contributed by atoms with Crippen LogP contribution in [0.15, 0.2) is 38.0 Å². The normalized spacial score (nSPS) is 12.6. The summed E-state index contributed by atoms with van der Waals surface area (Å²) in [5.41, 5.74) is 4.91. The molecule has 0 amide bonds. The summed E-state index contributed by atoms with van der Waals surface area (Å²) in [6.45, 7) is 19.9. The third-order valence-corrected chi connectivity index (χ3v) is 5.80. The molecule has 1 aliphatic rings. The third kappa shape index (κ3) is 66.5. The lowest BCUT2D eigenvalue weighted by atomic mass is 10.1. The highest BCUT2D eigenvalue weighted by Crippen LogP contribution is 2.09. The van der Waals surface area contributed by atoms with E-state index in [2.05, 4.69) is 58.4 Å². The summed E-state index contributed by atoms with van der Waals surface area (Å²) in [4.78, 5) is 0. The number of quaternary nitrogens is 1. The Morgan fingerprint density at radius 3 is 1.43 bits per heavy atom. The van der Waals surface area contributed by atoms with Crippen LogP contribution in [0.1, 0.15) is 84.0 Å². The molecule has 1 rings (SSSR count). The molecule has 1 atom stereocenters. The van der Waals surface area contributed by atoms with Crippen LogP contribution in [0.5, 0.6) is 0 Å². The van der Waals surface area contributed by atoms with Crippen LogP contribution in [0.4, 0.5) is 0 Å². The summed E-state index contributed by atoms with van der Waals surface area (Å²) in [7, 11) is 6.77. The molecular weight excluding hydrogens is 586 g/mol. The second-order valence-electron chi connectivity index (χ2n) is 10.5. The fourth-order valence-electron chi connectivity index (χ4n) is 3.14. The Kier molecular flexibility index (Phi) is 60.9. The average molecular weight is 655 g/mol. The van der Waals surface area contributed by atoms with Gasteiger partial charge in [0.05, 0.1) is 46.3 Å². The van der Waals surface area contributed by atoms with Crippen molar-refractivity contribution in [2.75, 3.05) is 72.9 Å². The molecule has 0 aromatic rings. The summed E-state index contributed by atoms with van der Waals surface area (Å²) in [5.74, 6) is 0.667. The number of unbranched alkanes of at least 4 members (excludes halogenated alkanes) is 10. The summed E-state index contributed by atoms with van der Waals surface area (Å²) < 4.78 is 5.82. The van der Waals surface area contributed by atoms with Crippen molar-refractivity contribution in [3.05, 3.63) is 38.0 Å². The Hall–Kier alpha value is 0.180. The van der Waals surface area contributed by atoms with Crippen LogP contribution in [0.3, 0.4) is 0 Å². The molecule has 0 aromatic heterocycles. The van der Waals surface area contributed by atoms with Gasteiger partial charge in [0.1, 0.15) is 0 Å². The molecule has 0 radical (unpaired) electrons. The largest absolute Gasteiger partial charge is 1.00 e. The lowest BCUT2D eigenvalue weighted by Gasteiger charge is -2.23. The first-order valence-corrected chi connectivity index (χ1v) is 15.3. The maximum Gasteiger partial charge on any atom is 0.0944 e. The van der Waals surface area contributed by atoms with Crippen molar-refractivity contribution in [1.82, 2.24) is 10.6 Å². The second-order valence-corrected chi connectivity index (χ2v) is 10.8. The minimum atomic E-state index is 0. The van der Waals surface area contributed by atoms with E-state index in [1.165, 1.54) is 83.6 Å². The number of nitrogens with one attached hydrogen (secondary N) is 2. The summed E-state index contributed by atoms with van der Waals surface area (Å²) in [5, 5.41) is 6.65. The molecule has 0 spiro atoms. The number of epoxide rings is 1. The molecule has 1 heterocycles. The maximum atomic E-state index is 5.27. The van der Waals surface area contributed by atoms with Gasteiger partial charge in [-0.1, -0.05) is 76.5 Å². The Balaban J connectivity index is -0.000000104. The second kappa shape index (κ2) is 46.1. The zero-order chi connectivity index (χ0) is 28.5. The predicted molar refractivity (Wildman–Crippen MR) is 184 cm³/mol. The monoisotopic (exact) mass is 652 g/mol. The van der Waals surface area contributed by atoms with Gasteiger partial charge in [0, 0.05) is 19.6 Å². The van der Waals surface area contributed by atoms with Crippen molar-refractivity contribution < 1.29 is 21.6 Å². The standard InChI is InChI=1S/C13H27N.C12H27N2.C3H5ClO.C3H7N.3ClH/c1-3-5-6-7-8-9-10-11-13-14-12-4-2;1-5-10-13-11-8-6-7-9-12-14(2,3)4;4-1-3-2-5-3;1-2-3-4;;;/h4,14H,2-3,5-13H2,1H3;5,13H,1,6-12H2,2-4H3;3H,1-2H2;2H,1,3-4H2;3*1H/q;+1;;;;;/p-1/t;;3-;;;;/m..1..../s1. The highest BCUT2D eigenvalue weighted by Gasteiger charge is 2.19. The van der Waals surface area contributed by atoms with Gasteiger partial charge in [-0.2, -0.15) is 0 Å². The zero-order valence-corrected chi connectivity index (χ0v) is 29.7. The van der Waals surface area contributed by atoms with Crippen LogP contribution < -0.4 is 28.8 Å². The quantitative estimate of drug-likeness (QED) is 0.0528.